The summed E-state index contributed by atoms with van der Waals surface area (Å²) >= 11 is 0. The highest BCUT2D eigenvalue weighted by molar-refractivity contribution is 5.96. The van der Waals surface area contributed by atoms with Crippen LogP contribution in [0.4, 0.5) is 11.4 Å². The third kappa shape index (κ3) is 4.81. The lowest BCUT2D eigenvalue weighted by molar-refractivity contribution is -0.147. The summed E-state index contributed by atoms with van der Waals surface area (Å²) in [5.41, 5.74) is 1.17. The molecule has 2 rings (SSSR count). The van der Waals surface area contributed by atoms with Gasteiger partial charge in [0.05, 0.1) is 11.8 Å². The van der Waals surface area contributed by atoms with Crippen molar-refractivity contribution >= 4 is 29.2 Å². The van der Waals surface area contributed by atoms with Crippen LogP contribution in [0.2, 0.25) is 0 Å². The predicted octanol–water partition coefficient (Wildman–Crippen LogP) is 3.25. The molecule has 0 saturated heterocycles. The molecule has 2 atom stereocenters. The second-order valence-corrected chi connectivity index (χ2v) is 6.20. The predicted molar refractivity (Wildman–Crippen MR) is 91.7 cm³/mol. The smallest absolute Gasteiger partial charge is 0.307 e. The van der Waals surface area contributed by atoms with Gasteiger partial charge in [0.2, 0.25) is 11.8 Å². The van der Waals surface area contributed by atoms with Crippen LogP contribution in [0.15, 0.2) is 24.3 Å². The Kier molecular flexibility index (Phi) is 6.35. The van der Waals surface area contributed by atoms with Crippen molar-refractivity contribution in [1.82, 2.24) is 0 Å². The number of amides is 2. The van der Waals surface area contributed by atoms with Crippen LogP contribution >= 0.6 is 0 Å². The number of rotatable bonds is 6. The van der Waals surface area contributed by atoms with Crippen molar-refractivity contribution in [3.8, 4) is 0 Å². The number of carbonyl (C=O) groups excluding carboxylic acids is 2. The molecule has 0 aromatic heterocycles. The van der Waals surface area contributed by atoms with Crippen molar-refractivity contribution in [3.05, 3.63) is 24.3 Å². The van der Waals surface area contributed by atoms with E-state index in [-0.39, 0.29) is 11.8 Å². The molecule has 1 saturated carbocycles. The van der Waals surface area contributed by atoms with Gasteiger partial charge in [0.15, 0.2) is 0 Å². The van der Waals surface area contributed by atoms with Gasteiger partial charge in [-0.15, -0.1) is 0 Å². The van der Waals surface area contributed by atoms with Gasteiger partial charge in [-0.2, -0.15) is 0 Å². The number of anilines is 2. The molecule has 1 aromatic carbocycles. The molecule has 0 spiro atoms. The molecule has 0 unspecified atom stereocenters. The lowest BCUT2D eigenvalue weighted by Gasteiger charge is -2.27. The third-order valence-corrected chi connectivity index (χ3v) is 4.31. The standard InChI is InChI=1S/C18H24N2O4/c1-2-6-16(21)19-12-7-5-8-13(11-12)20-17(22)14-9-3-4-10-15(14)18(23)24/h5,7-8,11,14-15H,2-4,6,9-10H2,1H3,(H,19,21)(H,20,22)(H,23,24)/t14-,15-/m1/s1. The van der Waals surface area contributed by atoms with Crippen LogP contribution < -0.4 is 10.6 Å². The van der Waals surface area contributed by atoms with E-state index in [1.54, 1.807) is 24.3 Å². The van der Waals surface area contributed by atoms with Crippen LogP contribution in [0, 0.1) is 11.8 Å². The van der Waals surface area contributed by atoms with Crippen molar-refractivity contribution in [2.45, 2.75) is 45.4 Å². The zero-order valence-corrected chi connectivity index (χ0v) is 13.9. The molecule has 0 bridgehead atoms. The summed E-state index contributed by atoms with van der Waals surface area (Å²) in [5, 5.41) is 14.9. The number of carbonyl (C=O) groups is 3. The zero-order valence-electron chi connectivity index (χ0n) is 13.9. The number of hydrogen-bond acceptors (Lipinski definition) is 3. The normalized spacial score (nSPS) is 20.2. The Morgan fingerprint density at radius 1 is 1.08 bits per heavy atom. The largest absolute Gasteiger partial charge is 0.481 e. The average Bonchev–Trinajstić information content (AvgIpc) is 2.55. The molecule has 1 aromatic rings. The summed E-state index contributed by atoms with van der Waals surface area (Å²) in [5.74, 6) is -2.37. The average molecular weight is 332 g/mol. The quantitative estimate of drug-likeness (QED) is 0.745. The van der Waals surface area contributed by atoms with Gasteiger partial charge in [-0.25, -0.2) is 0 Å². The van der Waals surface area contributed by atoms with Crippen LogP contribution in [0.3, 0.4) is 0 Å². The van der Waals surface area contributed by atoms with E-state index in [1.165, 1.54) is 0 Å². The number of carboxylic acid groups (broad SMARTS) is 1. The molecule has 24 heavy (non-hydrogen) atoms. The summed E-state index contributed by atoms with van der Waals surface area (Å²) in [6.07, 6.45) is 4.06. The molecule has 3 N–H and O–H groups in total. The van der Waals surface area contributed by atoms with E-state index in [2.05, 4.69) is 10.6 Å². The second kappa shape index (κ2) is 8.47. The summed E-state index contributed by atoms with van der Waals surface area (Å²) in [4.78, 5) is 35.4. The van der Waals surface area contributed by atoms with E-state index in [4.69, 9.17) is 0 Å². The molecule has 0 aliphatic heterocycles. The van der Waals surface area contributed by atoms with Crippen molar-refractivity contribution in [3.63, 3.8) is 0 Å². The van der Waals surface area contributed by atoms with Crippen LogP contribution in [0.5, 0.6) is 0 Å². The fourth-order valence-corrected chi connectivity index (χ4v) is 3.10. The second-order valence-electron chi connectivity index (χ2n) is 6.20. The van der Waals surface area contributed by atoms with Gasteiger partial charge in [-0.1, -0.05) is 25.8 Å². The topological polar surface area (TPSA) is 95.5 Å². The fraction of sp³-hybridized carbons (Fsp3) is 0.500. The van der Waals surface area contributed by atoms with Gasteiger partial charge < -0.3 is 15.7 Å². The van der Waals surface area contributed by atoms with Crippen LogP contribution in [-0.2, 0) is 14.4 Å². The van der Waals surface area contributed by atoms with E-state index >= 15 is 0 Å². The lowest BCUT2D eigenvalue weighted by atomic mass is 9.78. The molecule has 2 amide bonds. The van der Waals surface area contributed by atoms with Crippen LogP contribution in [0.1, 0.15) is 45.4 Å². The number of aliphatic carboxylic acids is 1. The molecule has 6 heteroatoms. The molecular weight excluding hydrogens is 308 g/mol. The molecule has 0 radical (unpaired) electrons. The van der Waals surface area contributed by atoms with Gasteiger partial charge in [-0.05, 0) is 37.5 Å². The van der Waals surface area contributed by atoms with Crippen molar-refractivity contribution in [2.75, 3.05) is 10.6 Å². The first-order valence-corrected chi connectivity index (χ1v) is 8.45. The number of benzene rings is 1. The minimum absolute atomic E-state index is 0.0702. The summed E-state index contributed by atoms with van der Waals surface area (Å²) in [7, 11) is 0. The van der Waals surface area contributed by atoms with Gasteiger partial charge in [0, 0.05) is 17.8 Å². The van der Waals surface area contributed by atoms with Gasteiger partial charge in [0.1, 0.15) is 0 Å². The van der Waals surface area contributed by atoms with Gasteiger partial charge in [0.25, 0.3) is 0 Å². The first-order chi connectivity index (χ1) is 11.5. The number of carboxylic acids is 1. The van der Waals surface area contributed by atoms with E-state index in [1.807, 2.05) is 6.92 Å². The highest BCUT2D eigenvalue weighted by Crippen LogP contribution is 2.31. The first kappa shape index (κ1) is 18.0. The summed E-state index contributed by atoms with van der Waals surface area (Å²) < 4.78 is 0. The molecule has 6 nitrogen and oxygen atoms in total. The first-order valence-electron chi connectivity index (χ1n) is 8.45. The molecule has 0 heterocycles. The zero-order chi connectivity index (χ0) is 17.5. The maximum absolute atomic E-state index is 12.5. The Labute approximate surface area is 141 Å². The molecular formula is C18H24N2O4. The Morgan fingerprint density at radius 3 is 2.33 bits per heavy atom. The minimum Gasteiger partial charge on any atom is -0.481 e. The van der Waals surface area contributed by atoms with E-state index in [0.29, 0.717) is 30.6 Å². The minimum atomic E-state index is -0.907. The van der Waals surface area contributed by atoms with E-state index < -0.39 is 17.8 Å². The van der Waals surface area contributed by atoms with Crippen LogP contribution in [0.25, 0.3) is 0 Å². The maximum atomic E-state index is 12.5. The number of hydrogen-bond donors (Lipinski definition) is 3. The molecule has 1 aliphatic carbocycles. The maximum Gasteiger partial charge on any atom is 0.307 e. The van der Waals surface area contributed by atoms with Crippen molar-refractivity contribution in [2.24, 2.45) is 11.8 Å². The monoisotopic (exact) mass is 332 g/mol. The van der Waals surface area contributed by atoms with Gasteiger partial charge in [-0.3, -0.25) is 14.4 Å². The molecule has 1 aliphatic rings. The van der Waals surface area contributed by atoms with E-state index in [0.717, 1.165) is 19.3 Å². The van der Waals surface area contributed by atoms with Gasteiger partial charge >= 0.3 is 5.97 Å². The summed E-state index contributed by atoms with van der Waals surface area (Å²) in [6, 6.07) is 6.91. The Bertz CT molecular complexity index is 615. The molecule has 1 fully saturated rings. The van der Waals surface area contributed by atoms with Crippen molar-refractivity contribution < 1.29 is 19.5 Å². The lowest BCUT2D eigenvalue weighted by Crippen LogP contribution is -2.36. The Balaban J connectivity index is 2.03. The Hall–Kier alpha value is -2.37. The fourth-order valence-electron chi connectivity index (χ4n) is 3.10. The third-order valence-electron chi connectivity index (χ3n) is 4.31. The number of nitrogens with one attached hydrogen (secondary N) is 2. The summed E-state index contributed by atoms with van der Waals surface area (Å²) in [6.45, 7) is 1.93. The van der Waals surface area contributed by atoms with Crippen molar-refractivity contribution in [1.29, 1.82) is 0 Å². The highest BCUT2D eigenvalue weighted by Gasteiger charge is 2.35. The Morgan fingerprint density at radius 2 is 1.71 bits per heavy atom. The molecule has 130 valence electrons. The highest BCUT2D eigenvalue weighted by atomic mass is 16.4. The van der Waals surface area contributed by atoms with E-state index in [9.17, 15) is 19.5 Å². The SMILES string of the molecule is CCCC(=O)Nc1cccc(NC(=O)[C@@H]2CCCC[C@H]2C(=O)O)c1. The van der Waals surface area contributed by atoms with Crippen LogP contribution in [-0.4, -0.2) is 22.9 Å².